The van der Waals surface area contributed by atoms with Crippen LogP contribution in [0.3, 0.4) is 0 Å². The van der Waals surface area contributed by atoms with Gasteiger partial charge < -0.3 is 5.32 Å². The zero-order valence-electron chi connectivity index (χ0n) is 11.6. The molecule has 1 saturated heterocycles. The lowest BCUT2D eigenvalue weighted by Crippen LogP contribution is -2.48. The van der Waals surface area contributed by atoms with Gasteiger partial charge in [0.25, 0.3) is 10.2 Å². The molecule has 1 rings (SSSR count). The van der Waals surface area contributed by atoms with Crippen molar-refractivity contribution in [2.24, 2.45) is 0 Å². The average Bonchev–Trinajstić information content (AvgIpc) is 2.35. The number of hydrogen-bond donors (Lipinski definition) is 1. The second-order valence-electron chi connectivity index (χ2n) is 4.64. The minimum Gasteiger partial charge on any atom is -0.317 e. The van der Waals surface area contributed by atoms with Crippen LogP contribution < -0.4 is 5.32 Å². The van der Waals surface area contributed by atoms with E-state index >= 15 is 0 Å². The highest BCUT2D eigenvalue weighted by molar-refractivity contribution is 7.86. The van der Waals surface area contributed by atoms with Crippen LogP contribution in [0.4, 0.5) is 0 Å². The van der Waals surface area contributed by atoms with E-state index in [4.69, 9.17) is 0 Å². The van der Waals surface area contributed by atoms with E-state index < -0.39 is 10.2 Å². The van der Waals surface area contributed by atoms with Crippen molar-refractivity contribution in [3.05, 3.63) is 0 Å². The van der Waals surface area contributed by atoms with Gasteiger partial charge in [0, 0.05) is 32.7 Å². The van der Waals surface area contributed by atoms with Gasteiger partial charge in [-0.3, -0.25) is 0 Å². The van der Waals surface area contributed by atoms with E-state index in [2.05, 4.69) is 12.2 Å². The quantitative estimate of drug-likeness (QED) is 0.798. The Morgan fingerprint density at radius 1 is 1.33 bits per heavy atom. The summed E-state index contributed by atoms with van der Waals surface area (Å²) in [5.74, 6) is 0. The number of rotatable bonds is 6. The van der Waals surface area contributed by atoms with E-state index in [1.54, 1.807) is 11.4 Å². The molecule has 0 saturated carbocycles. The molecule has 110 valence electrons. The Bertz CT molecular complexity index is 316. The number of unbranched alkanes of at least 4 members (excludes halogenated alkanes) is 1. The summed E-state index contributed by atoms with van der Waals surface area (Å²) < 4.78 is 27.5. The predicted molar refractivity (Wildman–Crippen MR) is 77.4 cm³/mol. The molecule has 0 aromatic heterocycles. The maximum Gasteiger partial charge on any atom is 0.281 e. The summed E-state index contributed by atoms with van der Waals surface area (Å²) in [6.07, 6.45) is 3.74. The number of nitrogens with zero attached hydrogens (tertiary/aromatic N) is 2. The van der Waals surface area contributed by atoms with Crippen LogP contribution in [0.15, 0.2) is 0 Å². The Morgan fingerprint density at radius 3 is 2.33 bits per heavy atom. The molecule has 7 heteroatoms. The number of nitrogens with one attached hydrogen (secondary N) is 1. The van der Waals surface area contributed by atoms with Crippen molar-refractivity contribution < 1.29 is 8.42 Å². The molecular weight excluding hydrogens is 274 g/mol. The van der Waals surface area contributed by atoms with Gasteiger partial charge in [0.05, 0.1) is 0 Å². The molecule has 0 aliphatic carbocycles. The van der Waals surface area contributed by atoms with Gasteiger partial charge >= 0.3 is 0 Å². The molecule has 0 atom stereocenters. The summed E-state index contributed by atoms with van der Waals surface area (Å²) in [6.45, 7) is 3.94. The third kappa shape index (κ3) is 4.66. The largest absolute Gasteiger partial charge is 0.317 e. The fourth-order valence-electron chi connectivity index (χ4n) is 2.07. The van der Waals surface area contributed by atoms with E-state index in [-0.39, 0.29) is 12.4 Å². The molecule has 18 heavy (non-hydrogen) atoms. The Morgan fingerprint density at radius 2 is 1.89 bits per heavy atom. The topological polar surface area (TPSA) is 52.7 Å². The summed E-state index contributed by atoms with van der Waals surface area (Å²) >= 11 is 0. The molecule has 1 fully saturated rings. The van der Waals surface area contributed by atoms with E-state index in [1.165, 1.54) is 4.31 Å². The van der Waals surface area contributed by atoms with E-state index in [9.17, 15) is 8.42 Å². The zero-order valence-corrected chi connectivity index (χ0v) is 13.2. The third-order valence-corrected chi connectivity index (χ3v) is 5.40. The first-order valence-electron chi connectivity index (χ1n) is 6.41. The van der Waals surface area contributed by atoms with Crippen molar-refractivity contribution in [3.63, 3.8) is 0 Å². The van der Waals surface area contributed by atoms with Crippen LogP contribution in [0.1, 0.15) is 32.6 Å². The van der Waals surface area contributed by atoms with Crippen LogP contribution in [0, 0.1) is 0 Å². The molecule has 0 aromatic carbocycles. The highest BCUT2D eigenvalue weighted by atomic mass is 35.5. The SMILES string of the molecule is CCCCN(C)S(=O)(=O)N1CCC(NC)CC1.Cl. The van der Waals surface area contributed by atoms with Crippen LogP contribution in [0.2, 0.25) is 0 Å². The Balaban J connectivity index is 0.00000289. The number of piperidine rings is 1. The van der Waals surface area contributed by atoms with Crippen LogP contribution in [0.25, 0.3) is 0 Å². The van der Waals surface area contributed by atoms with Gasteiger partial charge in [-0.1, -0.05) is 13.3 Å². The van der Waals surface area contributed by atoms with E-state index in [1.807, 2.05) is 7.05 Å². The highest BCUT2D eigenvalue weighted by Crippen LogP contribution is 2.16. The Labute approximate surface area is 118 Å². The van der Waals surface area contributed by atoms with Gasteiger partial charge in [-0.05, 0) is 26.3 Å². The summed E-state index contributed by atoms with van der Waals surface area (Å²) in [4.78, 5) is 0. The smallest absolute Gasteiger partial charge is 0.281 e. The van der Waals surface area contributed by atoms with Crippen molar-refractivity contribution >= 4 is 22.6 Å². The molecule has 1 aliphatic rings. The van der Waals surface area contributed by atoms with Gasteiger partial charge in [-0.15, -0.1) is 12.4 Å². The van der Waals surface area contributed by atoms with Crippen molar-refractivity contribution in [1.29, 1.82) is 0 Å². The Kier molecular flexibility index (Phi) is 8.38. The van der Waals surface area contributed by atoms with Crippen LogP contribution in [-0.4, -0.2) is 56.8 Å². The zero-order chi connectivity index (χ0) is 12.9. The molecule has 0 spiro atoms. The maximum absolute atomic E-state index is 12.2. The van der Waals surface area contributed by atoms with Crippen LogP contribution in [-0.2, 0) is 10.2 Å². The number of hydrogen-bond acceptors (Lipinski definition) is 3. The molecule has 1 N–H and O–H groups in total. The third-order valence-electron chi connectivity index (χ3n) is 3.41. The maximum atomic E-state index is 12.2. The lowest BCUT2D eigenvalue weighted by atomic mass is 10.1. The second kappa shape index (κ2) is 8.32. The minimum absolute atomic E-state index is 0. The molecule has 0 amide bonds. The molecule has 0 radical (unpaired) electrons. The molecule has 0 bridgehead atoms. The van der Waals surface area contributed by atoms with Gasteiger partial charge in [0.15, 0.2) is 0 Å². The summed E-state index contributed by atoms with van der Waals surface area (Å²) in [6, 6.07) is 0.461. The first-order chi connectivity index (χ1) is 8.02. The van der Waals surface area contributed by atoms with Crippen LogP contribution >= 0.6 is 12.4 Å². The molecule has 0 aromatic rings. The second-order valence-corrected chi connectivity index (χ2v) is 6.68. The van der Waals surface area contributed by atoms with Crippen molar-refractivity contribution in [2.45, 2.75) is 38.6 Å². The van der Waals surface area contributed by atoms with Crippen molar-refractivity contribution in [2.75, 3.05) is 33.7 Å². The average molecular weight is 300 g/mol. The normalized spacial score (nSPS) is 18.9. The molecule has 1 heterocycles. The lowest BCUT2D eigenvalue weighted by Gasteiger charge is -2.33. The minimum atomic E-state index is -3.23. The standard InChI is InChI=1S/C11H25N3O2S.ClH/c1-4-5-8-13(3)17(15,16)14-9-6-11(12-2)7-10-14;/h11-12H,4-10H2,1-3H3;1H. The first kappa shape index (κ1) is 18.1. The van der Waals surface area contributed by atoms with E-state index in [0.29, 0.717) is 25.7 Å². The van der Waals surface area contributed by atoms with Crippen LogP contribution in [0.5, 0.6) is 0 Å². The summed E-state index contributed by atoms with van der Waals surface area (Å²) in [5.41, 5.74) is 0. The number of halogens is 1. The Hall–Kier alpha value is 0.120. The molecular formula is C11H26ClN3O2S. The monoisotopic (exact) mass is 299 g/mol. The van der Waals surface area contributed by atoms with E-state index in [0.717, 1.165) is 25.7 Å². The van der Waals surface area contributed by atoms with Crippen molar-refractivity contribution in [1.82, 2.24) is 13.9 Å². The predicted octanol–water partition coefficient (Wildman–Crippen LogP) is 1.07. The van der Waals surface area contributed by atoms with Gasteiger partial charge in [-0.2, -0.15) is 17.0 Å². The van der Waals surface area contributed by atoms with Gasteiger partial charge in [0.1, 0.15) is 0 Å². The van der Waals surface area contributed by atoms with Gasteiger partial charge in [-0.25, -0.2) is 0 Å². The highest BCUT2D eigenvalue weighted by Gasteiger charge is 2.30. The summed E-state index contributed by atoms with van der Waals surface area (Å²) in [7, 11) is 0.381. The van der Waals surface area contributed by atoms with Crippen molar-refractivity contribution in [3.8, 4) is 0 Å². The lowest BCUT2D eigenvalue weighted by molar-refractivity contribution is 0.279. The fraction of sp³-hybridized carbons (Fsp3) is 1.00. The first-order valence-corrected chi connectivity index (χ1v) is 7.80. The molecule has 1 aliphatic heterocycles. The molecule has 0 unspecified atom stereocenters. The van der Waals surface area contributed by atoms with Gasteiger partial charge in [0.2, 0.25) is 0 Å². The fourth-order valence-corrected chi connectivity index (χ4v) is 3.49. The molecule has 5 nitrogen and oxygen atoms in total. The summed E-state index contributed by atoms with van der Waals surface area (Å²) in [5, 5.41) is 3.20.